The number of esters is 1. The first-order valence-corrected chi connectivity index (χ1v) is 7.97. The van der Waals surface area contributed by atoms with E-state index < -0.39 is 0 Å². The van der Waals surface area contributed by atoms with E-state index in [9.17, 15) is 9.59 Å². The summed E-state index contributed by atoms with van der Waals surface area (Å²) in [4.78, 5) is 32.8. The number of carbonyl (C=O) groups excluding carboxylic acids is 2. The van der Waals surface area contributed by atoms with Gasteiger partial charge in [0.25, 0.3) is 0 Å². The second-order valence-electron chi connectivity index (χ2n) is 5.61. The molecule has 0 aliphatic carbocycles. The van der Waals surface area contributed by atoms with Gasteiger partial charge in [-0.3, -0.25) is 4.79 Å². The van der Waals surface area contributed by atoms with Gasteiger partial charge in [0, 0.05) is 18.7 Å². The topological polar surface area (TPSA) is 87.3 Å². The first kappa shape index (κ1) is 16.0. The Morgan fingerprint density at radius 2 is 2.12 bits per heavy atom. The number of anilines is 1. The van der Waals surface area contributed by atoms with Crippen LogP contribution in [0.15, 0.2) is 30.6 Å². The molecule has 0 fully saturated rings. The van der Waals surface area contributed by atoms with E-state index in [4.69, 9.17) is 4.74 Å². The van der Waals surface area contributed by atoms with Crippen molar-refractivity contribution in [3.05, 3.63) is 47.5 Å². The van der Waals surface area contributed by atoms with Gasteiger partial charge in [-0.25, -0.2) is 9.78 Å². The van der Waals surface area contributed by atoms with Crippen LogP contribution in [0.5, 0.6) is 0 Å². The predicted octanol–water partition coefficient (Wildman–Crippen LogP) is 2.11. The zero-order valence-corrected chi connectivity index (χ0v) is 13.5. The molecule has 7 heteroatoms. The van der Waals surface area contributed by atoms with Crippen molar-refractivity contribution >= 4 is 17.7 Å². The van der Waals surface area contributed by atoms with Crippen molar-refractivity contribution in [2.75, 3.05) is 18.5 Å². The molecule has 1 aliphatic rings. The fraction of sp³-hybridized carbons (Fsp3) is 0.353. The number of imidazole rings is 1. The number of hydrogen-bond donors (Lipinski definition) is 2. The zero-order chi connectivity index (χ0) is 16.9. The highest BCUT2D eigenvalue weighted by Crippen LogP contribution is 2.17. The molecule has 1 aromatic heterocycles. The highest BCUT2D eigenvalue weighted by molar-refractivity contribution is 5.89. The molecule has 1 aliphatic heterocycles. The van der Waals surface area contributed by atoms with Gasteiger partial charge in [-0.15, -0.1) is 0 Å². The lowest BCUT2D eigenvalue weighted by molar-refractivity contribution is -0.142. The number of hydrogen-bond acceptors (Lipinski definition) is 4. The lowest BCUT2D eigenvalue weighted by Gasteiger charge is -2.26. The van der Waals surface area contributed by atoms with Crippen LogP contribution in [0.1, 0.15) is 23.9 Å². The number of aromatic nitrogens is 2. The largest absolute Gasteiger partial charge is 0.466 e. The average Bonchev–Trinajstić information content (AvgIpc) is 3.04. The van der Waals surface area contributed by atoms with Crippen LogP contribution in [0.3, 0.4) is 0 Å². The number of nitrogens with one attached hydrogen (secondary N) is 2. The Balaban J connectivity index is 1.56. The average molecular weight is 328 g/mol. The molecule has 7 nitrogen and oxygen atoms in total. The summed E-state index contributed by atoms with van der Waals surface area (Å²) in [5.74, 6) is -0.252. The van der Waals surface area contributed by atoms with E-state index in [1.54, 1.807) is 30.3 Å². The van der Waals surface area contributed by atoms with Gasteiger partial charge < -0.3 is 19.9 Å². The van der Waals surface area contributed by atoms with Crippen LogP contribution in [0.4, 0.5) is 10.5 Å². The van der Waals surface area contributed by atoms with E-state index in [0.717, 1.165) is 23.4 Å². The molecule has 0 unspecified atom stereocenters. The number of nitrogens with zero attached hydrogens (tertiary/aromatic N) is 2. The van der Waals surface area contributed by atoms with Gasteiger partial charge in [-0.2, -0.15) is 0 Å². The minimum atomic E-state index is -0.252. The van der Waals surface area contributed by atoms with Crippen molar-refractivity contribution in [1.82, 2.24) is 14.9 Å². The van der Waals surface area contributed by atoms with Crippen molar-refractivity contribution in [1.29, 1.82) is 0 Å². The number of carbonyl (C=O) groups is 2. The fourth-order valence-corrected chi connectivity index (χ4v) is 2.67. The van der Waals surface area contributed by atoms with Crippen molar-refractivity contribution in [2.45, 2.75) is 26.3 Å². The van der Waals surface area contributed by atoms with E-state index in [1.165, 1.54) is 0 Å². The normalized spacial score (nSPS) is 13.3. The van der Waals surface area contributed by atoms with Crippen molar-refractivity contribution in [3.8, 4) is 0 Å². The van der Waals surface area contributed by atoms with E-state index in [-0.39, 0.29) is 18.4 Å². The van der Waals surface area contributed by atoms with Crippen LogP contribution < -0.4 is 5.32 Å². The minimum Gasteiger partial charge on any atom is -0.466 e. The first-order valence-electron chi connectivity index (χ1n) is 7.97. The smallest absolute Gasteiger partial charge is 0.322 e. The van der Waals surface area contributed by atoms with Crippen molar-refractivity contribution in [3.63, 3.8) is 0 Å². The number of ether oxygens (including phenoxy) is 1. The number of rotatable bonds is 4. The number of aromatic amines is 1. The van der Waals surface area contributed by atoms with Gasteiger partial charge in [0.1, 0.15) is 0 Å². The third-order valence-corrected chi connectivity index (χ3v) is 3.92. The van der Waals surface area contributed by atoms with Crippen LogP contribution >= 0.6 is 0 Å². The second kappa shape index (κ2) is 7.16. The maximum Gasteiger partial charge on any atom is 0.322 e. The first-order chi connectivity index (χ1) is 11.7. The van der Waals surface area contributed by atoms with Crippen LogP contribution in [0.25, 0.3) is 0 Å². The molecule has 1 aromatic carbocycles. The zero-order valence-electron chi connectivity index (χ0n) is 13.5. The summed E-state index contributed by atoms with van der Waals surface area (Å²) in [6.07, 6.45) is 2.65. The molecule has 0 radical (unpaired) electrons. The molecule has 0 saturated heterocycles. The molecule has 0 bridgehead atoms. The molecule has 0 saturated carbocycles. The summed E-state index contributed by atoms with van der Waals surface area (Å²) in [6, 6.07) is 7.06. The third kappa shape index (κ3) is 3.73. The maximum atomic E-state index is 12.4. The molecule has 3 rings (SSSR count). The van der Waals surface area contributed by atoms with Gasteiger partial charge in [0.2, 0.25) is 0 Å². The molecule has 2 heterocycles. The molecular weight excluding hydrogens is 308 g/mol. The molecule has 0 atom stereocenters. The molecule has 2 N–H and O–H groups in total. The Hall–Kier alpha value is -2.83. The third-order valence-electron chi connectivity index (χ3n) is 3.92. The monoisotopic (exact) mass is 328 g/mol. The molecule has 0 spiro atoms. The van der Waals surface area contributed by atoms with E-state index in [1.807, 2.05) is 12.1 Å². The van der Waals surface area contributed by atoms with E-state index >= 15 is 0 Å². The van der Waals surface area contributed by atoms with Gasteiger partial charge in [0.15, 0.2) is 0 Å². The summed E-state index contributed by atoms with van der Waals surface area (Å²) in [7, 11) is 0. The van der Waals surface area contributed by atoms with Crippen LogP contribution in [0.2, 0.25) is 0 Å². The summed E-state index contributed by atoms with van der Waals surface area (Å²) in [6.45, 7) is 3.33. The van der Waals surface area contributed by atoms with E-state index in [2.05, 4.69) is 15.3 Å². The highest BCUT2D eigenvalue weighted by atomic mass is 16.5. The number of amides is 2. The molecule has 126 valence electrons. The minimum absolute atomic E-state index is 0.145. The standard InChI is InChI=1S/C17H20N4O3/c1-2-24-16(22)9-12-3-5-13(6-4-12)20-17(23)21-8-7-14-15(10-21)19-11-18-14/h3-6,11H,2,7-10H2,1H3,(H,18,19)(H,20,23). The van der Waals surface area contributed by atoms with Crippen LogP contribution in [-0.4, -0.2) is 40.0 Å². The Kier molecular flexibility index (Phi) is 4.79. The number of urea groups is 1. The van der Waals surface area contributed by atoms with Gasteiger partial charge >= 0.3 is 12.0 Å². The Bertz CT molecular complexity index is 724. The Morgan fingerprint density at radius 1 is 1.33 bits per heavy atom. The van der Waals surface area contributed by atoms with Crippen molar-refractivity contribution < 1.29 is 14.3 Å². The quantitative estimate of drug-likeness (QED) is 0.842. The molecule has 24 heavy (non-hydrogen) atoms. The lowest BCUT2D eigenvalue weighted by atomic mass is 10.1. The van der Waals surface area contributed by atoms with Gasteiger partial charge in [-0.05, 0) is 24.6 Å². The number of benzene rings is 1. The van der Waals surface area contributed by atoms with Gasteiger partial charge in [0.05, 0.1) is 37.3 Å². The van der Waals surface area contributed by atoms with E-state index in [0.29, 0.717) is 25.4 Å². The Labute approximate surface area is 140 Å². The summed E-state index contributed by atoms with van der Waals surface area (Å²) in [5.41, 5.74) is 3.57. The SMILES string of the molecule is CCOC(=O)Cc1ccc(NC(=O)N2CCc3nc[nH]c3C2)cc1. The molecule has 2 aromatic rings. The Morgan fingerprint density at radius 3 is 2.88 bits per heavy atom. The van der Waals surface area contributed by atoms with Gasteiger partial charge in [-0.1, -0.05) is 12.1 Å². The summed E-state index contributed by atoms with van der Waals surface area (Å²) < 4.78 is 4.92. The van der Waals surface area contributed by atoms with Crippen LogP contribution in [-0.2, 0) is 28.9 Å². The fourth-order valence-electron chi connectivity index (χ4n) is 2.67. The second-order valence-corrected chi connectivity index (χ2v) is 5.61. The summed E-state index contributed by atoms with van der Waals surface area (Å²) >= 11 is 0. The highest BCUT2D eigenvalue weighted by Gasteiger charge is 2.22. The van der Waals surface area contributed by atoms with Crippen molar-refractivity contribution in [2.24, 2.45) is 0 Å². The predicted molar refractivity (Wildman–Crippen MR) is 88.5 cm³/mol. The lowest BCUT2D eigenvalue weighted by Crippen LogP contribution is -2.38. The molecular formula is C17H20N4O3. The molecule has 2 amide bonds. The summed E-state index contributed by atoms with van der Waals surface area (Å²) in [5, 5.41) is 2.88. The number of H-pyrrole nitrogens is 1. The van der Waals surface area contributed by atoms with Crippen LogP contribution in [0, 0.1) is 0 Å². The maximum absolute atomic E-state index is 12.4. The number of fused-ring (bicyclic) bond motifs is 1.